The summed E-state index contributed by atoms with van der Waals surface area (Å²) in [6.07, 6.45) is 0.818. The van der Waals surface area contributed by atoms with Crippen molar-refractivity contribution >= 4 is 10.9 Å². The zero-order chi connectivity index (χ0) is 24.6. The molecule has 1 fully saturated rings. The number of hydrogen-bond acceptors (Lipinski definition) is 4. The first-order chi connectivity index (χ1) is 16.9. The van der Waals surface area contributed by atoms with Crippen molar-refractivity contribution in [1.82, 2.24) is 14.8 Å². The zero-order valence-corrected chi connectivity index (χ0v) is 20.5. The zero-order valence-electron chi connectivity index (χ0n) is 20.5. The number of aromatic nitrogens is 1. The van der Waals surface area contributed by atoms with Crippen LogP contribution in [-0.4, -0.2) is 77.7 Å². The van der Waals surface area contributed by atoms with Gasteiger partial charge < -0.3 is 14.8 Å². The van der Waals surface area contributed by atoms with E-state index >= 15 is 4.39 Å². The molecule has 0 saturated carbocycles. The second kappa shape index (κ2) is 9.88. The van der Waals surface area contributed by atoms with E-state index in [1.54, 1.807) is 0 Å². The van der Waals surface area contributed by atoms with Crippen LogP contribution in [0.25, 0.3) is 10.9 Å². The molecule has 1 aromatic heterocycles. The Hall–Kier alpha value is -2.48. The highest BCUT2D eigenvalue weighted by Crippen LogP contribution is 2.42. The average molecular weight is 484 g/mol. The Balaban J connectivity index is 1.39. The summed E-state index contributed by atoms with van der Waals surface area (Å²) in [5.74, 6) is 0.968. The lowest BCUT2D eigenvalue weighted by Gasteiger charge is -2.43. The van der Waals surface area contributed by atoms with Crippen LogP contribution in [0.15, 0.2) is 48.5 Å². The normalized spacial score (nSPS) is 23.1. The van der Waals surface area contributed by atoms with Crippen LogP contribution < -0.4 is 4.74 Å². The lowest BCUT2D eigenvalue weighted by molar-refractivity contribution is 0.0175. The van der Waals surface area contributed by atoms with Gasteiger partial charge in [-0.2, -0.15) is 0 Å². The molecule has 0 radical (unpaired) electrons. The van der Waals surface area contributed by atoms with Crippen molar-refractivity contribution in [3.8, 4) is 5.75 Å². The molecule has 2 aromatic carbocycles. The maximum atomic E-state index is 15.0. The number of halogens is 2. The van der Waals surface area contributed by atoms with E-state index in [2.05, 4.69) is 52.0 Å². The number of rotatable bonds is 9. The molecular weight excluding hydrogens is 448 g/mol. The van der Waals surface area contributed by atoms with E-state index in [9.17, 15) is 9.50 Å². The number of fused-ring (bicyclic) bond motifs is 3. The number of nitrogens with one attached hydrogen (secondary N) is 1. The minimum absolute atomic E-state index is 0.105. The predicted octanol–water partition coefficient (Wildman–Crippen LogP) is 4.50. The van der Waals surface area contributed by atoms with E-state index in [0.29, 0.717) is 6.61 Å². The van der Waals surface area contributed by atoms with Gasteiger partial charge in [0.25, 0.3) is 0 Å². The van der Waals surface area contributed by atoms with Gasteiger partial charge in [0.1, 0.15) is 18.0 Å². The lowest BCUT2D eigenvalue weighted by Crippen LogP contribution is -2.49. The highest BCUT2D eigenvalue weighted by molar-refractivity contribution is 5.85. The molecule has 3 heterocycles. The molecule has 3 aromatic rings. The number of aliphatic hydroxyl groups is 1. The molecule has 35 heavy (non-hydrogen) atoms. The summed E-state index contributed by atoms with van der Waals surface area (Å²) in [4.78, 5) is 7.97. The van der Waals surface area contributed by atoms with Gasteiger partial charge in [-0.3, -0.25) is 14.2 Å². The van der Waals surface area contributed by atoms with Crippen LogP contribution in [-0.2, 0) is 6.42 Å². The molecule has 3 atom stereocenters. The molecule has 0 bridgehead atoms. The Morgan fingerprint density at radius 1 is 1.14 bits per heavy atom. The Labute approximate surface area is 205 Å². The van der Waals surface area contributed by atoms with Crippen molar-refractivity contribution < 1.29 is 18.6 Å². The molecule has 7 heteroatoms. The van der Waals surface area contributed by atoms with Crippen LogP contribution >= 0.6 is 0 Å². The van der Waals surface area contributed by atoms with Crippen LogP contribution in [0.3, 0.4) is 0 Å². The van der Waals surface area contributed by atoms with E-state index in [4.69, 9.17) is 4.74 Å². The highest BCUT2D eigenvalue weighted by Gasteiger charge is 2.39. The summed E-state index contributed by atoms with van der Waals surface area (Å²) in [7, 11) is 0. The molecule has 5 nitrogen and oxygen atoms in total. The molecule has 0 aliphatic carbocycles. The second-order valence-electron chi connectivity index (χ2n) is 10.5. The summed E-state index contributed by atoms with van der Waals surface area (Å²) < 4.78 is 33.6. The van der Waals surface area contributed by atoms with Crippen molar-refractivity contribution in [3.63, 3.8) is 0 Å². The van der Waals surface area contributed by atoms with Crippen molar-refractivity contribution in [2.24, 2.45) is 5.92 Å². The van der Waals surface area contributed by atoms with Crippen molar-refractivity contribution in [3.05, 3.63) is 65.4 Å². The van der Waals surface area contributed by atoms with E-state index in [1.165, 1.54) is 17.9 Å². The number of H-pyrrole nitrogens is 1. The van der Waals surface area contributed by atoms with Gasteiger partial charge in [0.2, 0.25) is 0 Å². The fourth-order valence-corrected chi connectivity index (χ4v) is 5.54. The predicted molar refractivity (Wildman–Crippen MR) is 134 cm³/mol. The van der Waals surface area contributed by atoms with Gasteiger partial charge in [-0.25, -0.2) is 4.39 Å². The minimum atomic E-state index is -1.70. The third-order valence-electron chi connectivity index (χ3n) is 7.48. The summed E-state index contributed by atoms with van der Waals surface area (Å²) in [5, 5.41) is 10.9. The molecule has 5 rings (SSSR count). The Kier molecular flexibility index (Phi) is 6.84. The number of hydrogen-bond donors (Lipinski definition) is 2. The monoisotopic (exact) mass is 483 g/mol. The number of aliphatic hydroxyl groups excluding tert-OH is 1. The second-order valence-corrected chi connectivity index (χ2v) is 10.5. The standard InChI is InChI=1S/C28H35F2N3O2/c1-19-13-24-23-5-3-4-6-25(23)31-26(24)27(33(19)17-28(2,30)18-34)21-7-9-22(10-8-21)35-12-11-32-15-20(14-29)16-32/h3-10,19-20,27,31,34H,11-18H2,1-2H3/t19-,27-,28?/m1/s1. The van der Waals surface area contributed by atoms with Gasteiger partial charge in [0, 0.05) is 54.7 Å². The Bertz CT molecular complexity index is 1140. The smallest absolute Gasteiger partial charge is 0.143 e. The first-order valence-electron chi connectivity index (χ1n) is 12.5. The molecule has 2 N–H and O–H groups in total. The van der Waals surface area contributed by atoms with Crippen molar-refractivity contribution in [1.29, 1.82) is 0 Å². The van der Waals surface area contributed by atoms with E-state index in [1.807, 2.05) is 18.2 Å². The lowest BCUT2D eigenvalue weighted by atomic mass is 9.87. The summed E-state index contributed by atoms with van der Waals surface area (Å²) >= 11 is 0. The van der Waals surface area contributed by atoms with Gasteiger partial charge in [-0.1, -0.05) is 30.3 Å². The number of aromatic amines is 1. The number of nitrogens with zero attached hydrogens (tertiary/aromatic N) is 2. The Morgan fingerprint density at radius 2 is 1.89 bits per heavy atom. The number of alkyl halides is 2. The number of ether oxygens (including phenoxy) is 1. The SMILES string of the molecule is C[C@@H]1Cc2c([nH]c3ccccc23)[C@@H](c2ccc(OCCN3CC(CF)C3)cc2)N1CC(C)(F)CO. The Morgan fingerprint density at radius 3 is 2.60 bits per heavy atom. The van der Waals surface area contributed by atoms with E-state index < -0.39 is 12.3 Å². The topological polar surface area (TPSA) is 51.7 Å². The summed E-state index contributed by atoms with van der Waals surface area (Å²) in [6.45, 7) is 5.94. The van der Waals surface area contributed by atoms with Crippen LogP contribution in [0.2, 0.25) is 0 Å². The van der Waals surface area contributed by atoms with Crippen LogP contribution in [0.5, 0.6) is 5.75 Å². The van der Waals surface area contributed by atoms with Crippen LogP contribution in [0.1, 0.15) is 36.7 Å². The first kappa shape index (κ1) is 24.2. The number of para-hydroxylation sites is 1. The largest absolute Gasteiger partial charge is 0.492 e. The van der Waals surface area contributed by atoms with Gasteiger partial charge in [-0.15, -0.1) is 0 Å². The highest BCUT2D eigenvalue weighted by atomic mass is 19.1. The van der Waals surface area contributed by atoms with Gasteiger partial charge >= 0.3 is 0 Å². The van der Waals surface area contributed by atoms with Gasteiger partial charge in [-0.05, 0) is 49.6 Å². The van der Waals surface area contributed by atoms with Crippen LogP contribution in [0.4, 0.5) is 8.78 Å². The molecular formula is C28H35F2N3O2. The molecule has 0 amide bonds. The van der Waals surface area contributed by atoms with Gasteiger partial charge in [0.15, 0.2) is 0 Å². The fraction of sp³-hybridized carbons (Fsp3) is 0.500. The van der Waals surface area contributed by atoms with Crippen LogP contribution in [0, 0.1) is 5.92 Å². The molecule has 188 valence electrons. The molecule has 2 aliphatic rings. The molecule has 2 aliphatic heterocycles. The van der Waals surface area contributed by atoms with E-state index in [-0.39, 0.29) is 31.2 Å². The third-order valence-corrected chi connectivity index (χ3v) is 7.48. The molecule has 1 unspecified atom stereocenters. The van der Waals surface area contributed by atoms with Crippen molar-refractivity contribution in [2.75, 3.05) is 46.1 Å². The third kappa shape index (κ3) is 4.95. The van der Waals surface area contributed by atoms with Gasteiger partial charge in [0.05, 0.1) is 19.3 Å². The quantitative estimate of drug-likeness (QED) is 0.471. The minimum Gasteiger partial charge on any atom is -0.492 e. The van der Waals surface area contributed by atoms with E-state index in [0.717, 1.165) is 48.6 Å². The summed E-state index contributed by atoms with van der Waals surface area (Å²) in [5.41, 5.74) is 2.81. The maximum absolute atomic E-state index is 15.0. The fourth-order valence-electron chi connectivity index (χ4n) is 5.54. The first-order valence-corrected chi connectivity index (χ1v) is 12.5. The average Bonchev–Trinajstić information content (AvgIpc) is 3.19. The number of likely N-dealkylation sites (tertiary alicyclic amines) is 1. The summed E-state index contributed by atoms with van der Waals surface area (Å²) in [6, 6.07) is 16.3. The maximum Gasteiger partial charge on any atom is 0.143 e. The number of benzene rings is 2. The molecule has 0 spiro atoms. The van der Waals surface area contributed by atoms with Crippen molar-refractivity contribution in [2.45, 2.75) is 38.0 Å². The molecule has 1 saturated heterocycles.